The van der Waals surface area contributed by atoms with Crippen LogP contribution in [-0.2, 0) is 10.2 Å². The van der Waals surface area contributed by atoms with Crippen LogP contribution in [0.15, 0.2) is 29.6 Å². The molecule has 1 N–H and O–H groups in total. The van der Waals surface area contributed by atoms with Gasteiger partial charge in [-0.15, -0.1) is 11.3 Å². The Morgan fingerprint density at radius 1 is 1.38 bits per heavy atom. The maximum atomic E-state index is 11.3. The lowest BCUT2D eigenvalue weighted by Gasteiger charge is -2.19. The Balaban J connectivity index is 2.35. The average Bonchev–Trinajstić information content (AvgIpc) is 2.96. The Morgan fingerprint density at radius 2 is 2.05 bits per heavy atom. The first-order valence-electron chi connectivity index (χ1n) is 6.44. The first kappa shape index (κ1) is 15.3. The molecule has 0 saturated carbocycles. The molecule has 0 bridgehead atoms. The van der Waals surface area contributed by atoms with Crippen molar-refractivity contribution in [2.45, 2.75) is 19.3 Å². The predicted molar refractivity (Wildman–Crippen MR) is 83.8 cm³/mol. The molecule has 1 aromatic heterocycles. The third-order valence-corrected chi connectivity index (χ3v) is 4.32. The minimum absolute atomic E-state index is 0.553. The van der Waals surface area contributed by atoms with E-state index in [0.717, 1.165) is 16.6 Å². The van der Waals surface area contributed by atoms with E-state index < -0.39 is 11.4 Å². The number of ether oxygens (including phenoxy) is 1. The van der Waals surface area contributed by atoms with Crippen LogP contribution in [0.3, 0.4) is 0 Å². The number of nitrogens with zero attached hydrogens (tertiary/aromatic N) is 2. The summed E-state index contributed by atoms with van der Waals surface area (Å²) in [5, 5.41) is 11.8. The van der Waals surface area contributed by atoms with E-state index in [9.17, 15) is 9.90 Å². The van der Waals surface area contributed by atoms with Gasteiger partial charge in [-0.3, -0.25) is 4.79 Å². The molecule has 0 atom stereocenters. The minimum Gasteiger partial charge on any atom is -0.495 e. The zero-order valence-corrected chi connectivity index (χ0v) is 13.3. The van der Waals surface area contributed by atoms with Gasteiger partial charge in [0.05, 0.1) is 18.5 Å². The molecular formula is C15H18N2O3S. The van der Waals surface area contributed by atoms with Gasteiger partial charge in [0.1, 0.15) is 11.2 Å². The molecule has 2 aromatic rings. The number of anilines is 2. The molecule has 0 aliphatic carbocycles. The topological polar surface area (TPSA) is 62.7 Å². The van der Waals surface area contributed by atoms with Crippen molar-refractivity contribution in [1.82, 2.24) is 4.98 Å². The number of thiazole rings is 1. The number of hydrogen-bond acceptors (Lipinski definition) is 5. The quantitative estimate of drug-likeness (QED) is 0.918. The van der Waals surface area contributed by atoms with E-state index in [1.165, 1.54) is 11.3 Å². The van der Waals surface area contributed by atoms with E-state index in [2.05, 4.69) is 4.98 Å². The van der Waals surface area contributed by atoms with Gasteiger partial charge < -0.3 is 14.7 Å². The molecule has 0 fully saturated rings. The fourth-order valence-corrected chi connectivity index (χ4v) is 2.80. The Labute approximate surface area is 127 Å². The average molecular weight is 306 g/mol. The van der Waals surface area contributed by atoms with Gasteiger partial charge in [-0.2, -0.15) is 0 Å². The van der Waals surface area contributed by atoms with Gasteiger partial charge in [0, 0.05) is 12.4 Å². The maximum Gasteiger partial charge on any atom is 0.315 e. The summed E-state index contributed by atoms with van der Waals surface area (Å²) in [7, 11) is 3.50. The van der Waals surface area contributed by atoms with Crippen LogP contribution in [0.25, 0.3) is 0 Å². The molecule has 0 spiro atoms. The van der Waals surface area contributed by atoms with Crippen LogP contribution in [0.2, 0.25) is 0 Å². The molecule has 5 nitrogen and oxygen atoms in total. The Bertz CT molecular complexity index is 652. The van der Waals surface area contributed by atoms with Crippen molar-refractivity contribution in [2.75, 3.05) is 19.1 Å². The number of carbonyl (C=O) groups is 1. The van der Waals surface area contributed by atoms with Crippen LogP contribution in [0.1, 0.15) is 19.5 Å². The van der Waals surface area contributed by atoms with Crippen LogP contribution in [0.4, 0.5) is 10.8 Å². The molecule has 0 aliphatic rings. The van der Waals surface area contributed by atoms with Crippen LogP contribution in [0.5, 0.6) is 5.75 Å². The number of methoxy groups -OCH3 is 1. The number of para-hydroxylation sites is 2. The van der Waals surface area contributed by atoms with Gasteiger partial charge in [0.25, 0.3) is 0 Å². The fourth-order valence-electron chi connectivity index (χ4n) is 1.82. The van der Waals surface area contributed by atoms with Gasteiger partial charge in [0.15, 0.2) is 5.13 Å². The first-order chi connectivity index (χ1) is 9.87. The molecule has 2 rings (SSSR count). The lowest BCUT2D eigenvalue weighted by molar-refractivity contribution is -0.142. The molecule has 0 amide bonds. The van der Waals surface area contributed by atoms with Crippen LogP contribution in [0, 0.1) is 0 Å². The number of carboxylic acid groups (broad SMARTS) is 1. The number of rotatable bonds is 5. The smallest absolute Gasteiger partial charge is 0.315 e. The van der Waals surface area contributed by atoms with Gasteiger partial charge in [0.2, 0.25) is 0 Å². The second-order valence-corrected chi connectivity index (χ2v) is 6.01. The predicted octanol–water partition coefficient (Wildman–Crippen LogP) is 3.28. The van der Waals surface area contributed by atoms with E-state index in [-0.39, 0.29) is 0 Å². The van der Waals surface area contributed by atoms with E-state index in [4.69, 9.17) is 4.74 Å². The zero-order valence-electron chi connectivity index (χ0n) is 12.5. The second kappa shape index (κ2) is 5.73. The summed E-state index contributed by atoms with van der Waals surface area (Å²) in [4.78, 5) is 17.7. The fraction of sp³-hybridized carbons (Fsp3) is 0.333. The third kappa shape index (κ3) is 2.85. The molecule has 0 unspecified atom stereocenters. The minimum atomic E-state index is -1.00. The normalized spacial score (nSPS) is 11.2. The summed E-state index contributed by atoms with van der Waals surface area (Å²) < 4.78 is 5.34. The van der Waals surface area contributed by atoms with Crippen LogP contribution < -0.4 is 9.64 Å². The van der Waals surface area contributed by atoms with Crippen molar-refractivity contribution in [1.29, 1.82) is 0 Å². The molecule has 0 saturated heterocycles. The van der Waals surface area contributed by atoms with Crippen molar-refractivity contribution in [3.63, 3.8) is 0 Å². The molecule has 0 radical (unpaired) electrons. The van der Waals surface area contributed by atoms with E-state index in [1.807, 2.05) is 36.2 Å². The molecule has 0 aliphatic heterocycles. The van der Waals surface area contributed by atoms with Crippen LogP contribution in [-0.4, -0.2) is 30.2 Å². The second-order valence-electron chi connectivity index (χ2n) is 5.18. The van der Waals surface area contributed by atoms with Crippen molar-refractivity contribution in [3.8, 4) is 5.75 Å². The summed E-state index contributed by atoms with van der Waals surface area (Å²) in [6.45, 7) is 3.30. The van der Waals surface area contributed by atoms with Crippen molar-refractivity contribution in [3.05, 3.63) is 35.3 Å². The SMILES string of the molecule is COc1ccccc1N(C)c1nc(C(C)(C)C(=O)O)cs1. The molecule has 6 heteroatoms. The number of benzene rings is 1. The van der Waals surface area contributed by atoms with Gasteiger partial charge in [-0.1, -0.05) is 12.1 Å². The largest absolute Gasteiger partial charge is 0.495 e. The van der Waals surface area contributed by atoms with Gasteiger partial charge >= 0.3 is 5.97 Å². The zero-order chi connectivity index (χ0) is 15.6. The van der Waals surface area contributed by atoms with E-state index in [0.29, 0.717) is 5.69 Å². The maximum absolute atomic E-state index is 11.3. The van der Waals surface area contributed by atoms with Crippen molar-refractivity contribution in [2.24, 2.45) is 0 Å². The molecule has 1 heterocycles. The van der Waals surface area contributed by atoms with Gasteiger partial charge in [-0.05, 0) is 26.0 Å². The molecule has 1 aromatic carbocycles. The lowest BCUT2D eigenvalue weighted by atomic mass is 9.90. The molecular weight excluding hydrogens is 288 g/mol. The standard InChI is InChI=1S/C15H18N2O3S/c1-15(2,13(18)19)12-9-21-14(16-12)17(3)10-7-5-6-8-11(10)20-4/h5-9H,1-4H3,(H,18,19). The number of aromatic nitrogens is 1. The Kier molecular flexibility index (Phi) is 4.18. The summed E-state index contributed by atoms with van der Waals surface area (Å²) in [5.74, 6) is -0.145. The van der Waals surface area contributed by atoms with Crippen LogP contribution >= 0.6 is 11.3 Å². The Hall–Kier alpha value is -2.08. The summed E-state index contributed by atoms with van der Waals surface area (Å²) >= 11 is 1.41. The lowest BCUT2D eigenvalue weighted by Crippen LogP contribution is -2.29. The van der Waals surface area contributed by atoms with E-state index >= 15 is 0 Å². The molecule has 21 heavy (non-hydrogen) atoms. The highest BCUT2D eigenvalue weighted by atomic mass is 32.1. The number of aliphatic carboxylic acids is 1. The monoisotopic (exact) mass is 306 g/mol. The number of hydrogen-bond donors (Lipinski definition) is 1. The highest BCUT2D eigenvalue weighted by Crippen LogP contribution is 2.35. The number of carboxylic acids is 1. The summed E-state index contributed by atoms with van der Waals surface area (Å²) in [6.07, 6.45) is 0. The highest BCUT2D eigenvalue weighted by Gasteiger charge is 2.32. The van der Waals surface area contributed by atoms with Crippen molar-refractivity contribution < 1.29 is 14.6 Å². The highest BCUT2D eigenvalue weighted by molar-refractivity contribution is 7.13. The summed E-state index contributed by atoms with van der Waals surface area (Å²) in [6, 6.07) is 7.63. The van der Waals surface area contributed by atoms with Crippen molar-refractivity contribution >= 4 is 28.1 Å². The third-order valence-electron chi connectivity index (χ3n) is 3.40. The van der Waals surface area contributed by atoms with Gasteiger partial charge in [-0.25, -0.2) is 4.98 Å². The Morgan fingerprint density at radius 3 is 2.67 bits per heavy atom. The van der Waals surface area contributed by atoms with E-state index in [1.54, 1.807) is 26.3 Å². The molecule has 112 valence electrons. The summed E-state index contributed by atoms with van der Waals surface area (Å²) in [5.41, 5.74) is 0.432. The first-order valence-corrected chi connectivity index (χ1v) is 7.32.